The third-order valence-electron chi connectivity index (χ3n) is 2.50. The van der Waals surface area contributed by atoms with Crippen LogP contribution < -0.4 is 0 Å². The third kappa shape index (κ3) is 2.13. The van der Waals surface area contributed by atoms with E-state index in [-0.39, 0.29) is 5.92 Å². The minimum Gasteiger partial charge on any atom is -0.303 e. The van der Waals surface area contributed by atoms with E-state index in [0.717, 1.165) is 24.5 Å². The van der Waals surface area contributed by atoms with Crippen LogP contribution in [0.15, 0.2) is 0 Å². The number of rotatable bonds is 4. The molecule has 3 unspecified atom stereocenters. The molecule has 1 saturated carbocycles. The number of hydrogen-bond acceptors (Lipinski definition) is 1. The number of hydrogen-bond donors (Lipinski definition) is 0. The summed E-state index contributed by atoms with van der Waals surface area (Å²) in [5, 5.41) is 0. The Morgan fingerprint density at radius 2 is 2.30 bits per heavy atom. The van der Waals surface area contributed by atoms with E-state index in [1.807, 2.05) is 6.92 Å². The lowest BCUT2D eigenvalue weighted by Gasteiger charge is -2.00. The molecule has 0 spiro atoms. The van der Waals surface area contributed by atoms with Gasteiger partial charge in [0.05, 0.1) is 0 Å². The van der Waals surface area contributed by atoms with E-state index in [1.54, 1.807) is 0 Å². The molecule has 0 N–H and O–H groups in total. The summed E-state index contributed by atoms with van der Waals surface area (Å²) in [6.45, 7) is 4.29. The standard InChI is InChI=1S/C9H16O/c1-7(6-10)3-4-9-5-8(9)2/h6-9H,3-5H2,1-2H3. The van der Waals surface area contributed by atoms with Gasteiger partial charge in [-0.15, -0.1) is 0 Å². The van der Waals surface area contributed by atoms with Gasteiger partial charge in [-0.2, -0.15) is 0 Å². The fraction of sp³-hybridized carbons (Fsp3) is 0.889. The van der Waals surface area contributed by atoms with Gasteiger partial charge in [-0.3, -0.25) is 0 Å². The number of carbonyl (C=O) groups is 1. The average molecular weight is 140 g/mol. The summed E-state index contributed by atoms with van der Waals surface area (Å²) in [6.07, 6.45) is 4.82. The zero-order valence-corrected chi connectivity index (χ0v) is 6.84. The molecule has 1 aliphatic carbocycles. The van der Waals surface area contributed by atoms with Crippen LogP contribution in [-0.4, -0.2) is 6.29 Å². The van der Waals surface area contributed by atoms with E-state index in [1.165, 1.54) is 12.8 Å². The van der Waals surface area contributed by atoms with Crippen LogP contribution in [0.5, 0.6) is 0 Å². The van der Waals surface area contributed by atoms with E-state index >= 15 is 0 Å². The van der Waals surface area contributed by atoms with Crippen molar-refractivity contribution in [1.82, 2.24) is 0 Å². The molecular formula is C9H16O. The molecule has 1 aliphatic rings. The summed E-state index contributed by atoms with van der Waals surface area (Å²) in [6, 6.07) is 0. The molecule has 58 valence electrons. The van der Waals surface area contributed by atoms with Crippen molar-refractivity contribution in [3.8, 4) is 0 Å². The molecule has 1 rings (SSSR count). The van der Waals surface area contributed by atoms with Crippen molar-refractivity contribution in [2.45, 2.75) is 33.1 Å². The normalized spacial score (nSPS) is 33.4. The van der Waals surface area contributed by atoms with Crippen LogP contribution in [0.3, 0.4) is 0 Å². The van der Waals surface area contributed by atoms with Crippen molar-refractivity contribution >= 4 is 6.29 Å². The van der Waals surface area contributed by atoms with Crippen molar-refractivity contribution in [1.29, 1.82) is 0 Å². The molecule has 0 saturated heterocycles. The quantitative estimate of drug-likeness (QED) is 0.547. The summed E-state index contributed by atoms with van der Waals surface area (Å²) < 4.78 is 0. The van der Waals surface area contributed by atoms with Crippen LogP contribution in [0.2, 0.25) is 0 Å². The molecule has 1 heteroatoms. The number of carbonyl (C=O) groups excluding carboxylic acids is 1. The van der Waals surface area contributed by atoms with Crippen LogP contribution in [0.4, 0.5) is 0 Å². The van der Waals surface area contributed by atoms with Crippen molar-refractivity contribution in [3.63, 3.8) is 0 Å². The van der Waals surface area contributed by atoms with Crippen LogP contribution in [0.25, 0.3) is 0 Å². The zero-order chi connectivity index (χ0) is 7.56. The van der Waals surface area contributed by atoms with Gasteiger partial charge in [-0.05, 0) is 31.1 Å². The molecule has 0 radical (unpaired) electrons. The van der Waals surface area contributed by atoms with Crippen LogP contribution >= 0.6 is 0 Å². The maximum Gasteiger partial charge on any atom is 0.122 e. The summed E-state index contributed by atoms with van der Waals surface area (Å²) >= 11 is 0. The Morgan fingerprint density at radius 1 is 1.70 bits per heavy atom. The molecule has 0 bridgehead atoms. The lowest BCUT2D eigenvalue weighted by molar-refractivity contribution is -0.110. The van der Waals surface area contributed by atoms with Crippen LogP contribution in [0.1, 0.15) is 33.1 Å². The van der Waals surface area contributed by atoms with Crippen LogP contribution in [-0.2, 0) is 4.79 Å². The van der Waals surface area contributed by atoms with E-state index in [9.17, 15) is 4.79 Å². The van der Waals surface area contributed by atoms with Gasteiger partial charge in [0.15, 0.2) is 0 Å². The van der Waals surface area contributed by atoms with E-state index in [2.05, 4.69) is 6.92 Å². The fourth-order valence-corrected chi connectivity index (χ4v) is 1.35. The minimum atomic E-state index is 0.285. The summed E-state index contributed by atoms with van der Waals surface area (Å²) in [4.78, 5) is 10.2. The molecular weight excluding hydrogens is 124 g/mol. The van der Waals surface area contributed by atoms with E-state index < -0.39 is 0 Å². The first-order valence-corrected chi connectivity index (χ1v) is 4.19. The maximum atomic E-state index is 10.2. The minimum absolute atomic E-state index is 0.285. The molecule has 0 heterocycles. The molecule has 1 fully saturated rings. The topological polar surface area (TPSA) is 17.1 Å². The van der Waals surface area contributed by atoms with Gasteiger partial charge in [-0.1, -0.05) is 13.8 Å². The Hall–Kier alpha value is -0.330. The highest BCUT2D eigenvalue weighted by Crippen LogP contribution is 2.41. The highest BCUT2D eigenvalue weighted by molar-refractivity contribution is 5.52. The van der Waals surface area contributed by atoms with Gasteiger partial charge in [-0.25, -0.2) is 0 Å². The Morgan fingerprint density at radius 3 is 2.70 bits per heavy atom. The maximum absolute atomic E-state index is 10.2. The first-order valence-electron chi connectivity index (χ1n) is 4.19. The van der Waals surface area contributed by atoms with E-state index in [0.29, 0.717) is 0 Å². The van der Waals surface area contributed by atoms with Gasteiger partial charge in [0.25, 0.3) is 0 Å². The van der Waals surface area contributed by atoms with Crippen molar-refractivity contribution in [2.75, 3.05) is 0 Å². The largest absolute Gasteiger partial charge is 0.303 e. The lowest BCUT2D eigenvalue weighted by Crippen LogP contribution is -1.95. The Bertz CT molecular complexity index is 120. The Labute approximate surface area is 62.8 Å². The second kappa shape index (κ2) is 3.18. The summed E-state index contributed by atoms with van der Waals surface area (Å²) in [5.74, 6) is 2.18. The van der Waals surface area contributed by atoms with Gasteiger partial charge in [0.1, 0.15) is 6.29 Å². The summed E-state index contributed by atoms with van der Waals surface area (Å²) in [5.41, 5.74) is 0. The molecule has 0 aromatic heterocycles. The highest BCUT2D eigenvalue weighted by atomic mass is 16.1. The first kappa shape index (κ1) is 7.77. The Kier molecular flexibility index (Phi) is 2.47. The monoisotopic (exact) mass is 140 g/mol. The smallest absolute Gasteiger partial charge is 0.122 e. The van der Waals surface area contributed by atoms with Crippen molar-refractivity contribution < 1.29 is 4.79 Å². The molecule has 0 aromatic rings. The predicted molar refractivity (Wildman–Crippen MR) is 41.7 cm³/mol. The van der Waals surface area contributed by atoms with Gasteiger partial charge in [0, 0.05) is 5.92 Å². The second-order valence-corrected chi connectivity index (χ2v) is 3.66. The lowest BCUT2D eigenvalue weighted by atomic mass is 10.0. The van der Waals surface area contributed by atoms with Gasteiger partial charge >= 0.3 is 0 Å². The van der Waals surface area contributed by atoms with Crippen LogP contribution in [0, 0.1) is 17.8 Å². The number of aldehydes is 1. The Balaban J connectivity index is 2.00. The molecule has 0 aromatic carbocycles. The zero-order valence-electron chi connectivity index (χ0n) is 6.84. The highest BCUT2D eigenvalue weighted by Gasteiger charge is 2.31. The van der Waals surface area contributed by atoms with E-state index in [4.69, 9.17) is 0 Å². The fourth-order valence-electron chi connectivity index (χ4n) is 1.35. The second-order valence-electron chi connectivity index (χ2n) is 3.66. The first-order chi connectivity index (χ1) is 4.74. The predicted octanol–water partition coefficient (Wildman–Crippen LogP) is 2.26. The third-order valence-corrected chi connectivity index (χ3v) is 2.50. The average Bonchev–Trinajstić information content (AvgIpc) is 2.61. The molecule has 0 aliphatic heterocycles. The summed E-state index contributed by atoms with van der Waals surface area (Å²) in [7, 11) is 0. The molecule has 0 amide bonds. The van der Waals surface area contributed by atoms with Crippen molar-refractivity contribution in [2.24, 2.45) is 17.8 Å². The molecule has 3 atom stereocenters. The van der Waals surface area contributed by atoms with Crippen molar-refractivity contribution in [3.05, 3.63) is 0 Å². The SMILES string of the molecule is CC(C=O)CCC1CC1C. The molecule has 1 nitrogen and oxygen atoms in total. The van der Waals surface area contributed by atoms with Gasteiger partial charge in [0.2, 0.25) is 0 Å². The van der Waals surface area contributed by atoms with Gasteiger partial charge < -0.3 is 4.79 Å². The molecule has 10 heavy (non-hydrogen) atoms.